The predicted octanol–water partition coefficient (Wildman–Crippen LogP) is 5.16. The van der Waals surface area contributed by atoms with Gasteiger partial charge in [-0.2, -0.15) is 0 Å². The fourth-order valence-electron chi connectivity index (χ4n) is 4.36. The van der Waals surface area contributed by atoms with Crippen LogP contribution in [-0.4, -0.2) is 66.6 Å². The van der Waals surface area contributed by atoms with E-state index in [1.807, 2.05) is 37.2 Å². The van der Waals surface area contributed by atoms with E-state index in [1.54, 1.807) is 45.9 Å². The molecule has 1 N–H and O–H groups in total. The molecule has 0 aliphatic carbocycles. The second kappa shape index (κ2) is 10.7. The molecule has 9 nitrogen and oxygen atoms in total. The number of rotatable bonds is 6. The van der Waals surface area contributed by atoms with E-state index in [0.29, 0.717) is 22.5 Å². The molecule has 39 heavy (non-hydrogen) atoms. The number of pyridine rings is 1. The Balaban J connectivity index is 1.47. The van der Waals surface area contributed by atoms with Gasteiger partial charge < -0.3 is 29.0 Å². The fraction of sp³-hybridized carbons (Fsp3) is 0.464. The van der Waals surface area contributed by atoms with E-state index in [9.17, 15) is 9.59 Å². The Labute approximate surface area is 226 Å². The number of anilines is 1. The Kier molecular flexibility index (Phi) is 7.72. The number of alkyl halides is 2. The molecule has 1 fully saturated rings. The maximum absolute atomic E-state index is 15.0. The SMILES string of the molecule is Cc1oc2ccc(OCc3cccc(N(C)C)n3)cc2c1C(=O)NC1CCN(C(=O)OC(C)(C)C)CC1(F)F. The van der Waals surface area contributed by atoms with Gasteiger partial charge in [0, 0.05) is 26.0 Å². The van der Waals surface area contributed by atoms with Crippen molar-refractivity contribution in [1.29, 1.82) is 0 Å². The molecule has 1 unspecified atom stereocenters. The predicted molar refractivity (Wildman–Crippen MR) is 142 cm³/mol. The van der Waals surface area contributed by atoms with E-state index in [2.05, 4.69) is 10.3 Å². The number of carbonyl (C=O) groups is 2. The molecule has 3 heterocycles. The van der Waals surface area contributed by atoms with E-state index >= 15 is 8.78 Å². The molecule has 2 amide bonds. The molecule has 1 aromatic carbocycles. The summed E-state index contributed by atoms with van der Waals surface area (Å²) in [5, 5.41) is 2.91. The number of likely N-dealkylation sites (tertiary alicyclic amines) is 1. The van der Waals surface area contributed by atoms with Crippen molar-refractivity contribution in [3.63, 3.8) is 0 Å². The average molecular weight is 545 g/mol. The number of nitrogens with one attached hydrogen (secondary N) is 1. The number of furan rings is 1. The highest BCUT2D eigenvalue weighted by Crippen LogP contribution is 2.32. The Morgan fingerprint density at radius 1 is 1.23 bits per heavy atom. The van der Waals surface area contributed by atoms with Gasteiger partial charge in [0.1, 0.15) is 35.1 Å². The second-order valence-corrected chi connectivity index (χ2v) is 10.8. The third-order valence-corrected chi connectivity index (χ3v) is 6.26. The van der Waals surface area contributed by atoms with Crippen LogP contribution in [0.1, 0.15) is 49.0 Å². The van der Waals surface area contributed by atoms with Gasteiger partial charge >= 0.3 is 6.09 Å². The van der Waals surface area contributed by atoms with E-state index in [-0.39, 0.29) is 25.1 Å². The third kappa shape index (κ3) is 6.58. The number of ether oxygens (including phenoxy) is 2. The van der Waals surface area contributed by atoms with Gasteiger partial charge in [-0.3, -0.25) is 4.79 Å². The normalized spacial score (nSPS) is 17.1. The maximum atomic E-state index is 15.0. The highest BCUT2D eigenvalue weighted by atomic mass is 19.3. The summed E-state index contributed by atoms with van der Waals surface area (Å²) in [5.41, 5.74) is 0.521. The molecule has 1 atom stereocenters. The van der Waals surface area contributed by atoms with Crippen LogP contribution in [0.25, 0.3) is 11.0 Å². The lowest BCUT2D eigenvalue weighted by Gasteiger charge is -2.38. The van der Waals surface area contributed by atoms with E-state index in [0.717, 1.165) is 16.4 Å². The molecule has 210 valence electrons. The first-order valence-electron chi connectivity index (χ1n) is 12.7. The van der Waals surface area contributed by atoms with Gasteiger partial charge in [-0.15, -0.1) is 0 Å². The van der Waals surface area contributed by atoms with Crippen LogP contribution >= 0.6 is 0 Å². The molecule has 2 aromatic heterocycles. The standard InChI is InChI=1S/C28H34F2N4O5/c1-17-24(25(35)32-22-12-13-34(16-28(22,29)30)26(36)39-27(2,3)4)20-14-19(10-11-21(20)38-17)37-15-18-8-7-9-23(31-18)33(5)6/h7-11,14,22H,12-13,15-16H2,1-6H3,(H,32,35). The summed E-state index contributed by atoms with van der Waals surface area (Å²) >= 11 is 0. The molecule has 0 saturated carbocycles. The molecule has 0 spiro atoms. The second-order valence-electron chi connectivity index (χ2n) is 10.8. The molecule has 1 aliphatic rings. The Hall–Kier alpha value is -3.89. The third-order valence-electron chi connectivity index (χ3n) is 6.26. The molecular weight excluding hydrogens is 510 g/mol. The summed E-state index contributed by atoms with van der Waals surface area (Å²) in [6, 6.07) is 9.21. The minimum Gasteiger partial charge on any atom is -0.487 e. The van der Waals surface area contributed by atoms with Crippen molar-refractivity contribution in [2.45, 2.75) is 58.3 Å². The molecule has 3 aromatic rings. The first-order chi connectivity index (χ1) is 18.2. The fourth-order valence-corrected chi connectivity index (χ4v) is 4.36. The minimum atomic E-state index is -3.35. The number of benzene rings is 1. The van der Waals surface area contributed by atoms with Crippen LogP contribution < -0.4 is 15.0 Å². The molecule has 1 saturated heterocycles. The van der Waals surface area contributed by atoms with Crippen LogP contribution in [0.4, 0.5) is 19.4 Å². The van der Waals surface area contributed by atoms with Gasteiger partial charge in [0.25, 0.3) is 11.8 Å². The molecule has 4 rings (SSSR count). The lowest BCUT2D eigenvalue weighted by atomic mass is 10.00. The zero-order valence-corrected chi connectivity index (χ0v) is 23.0. The average Bonchev–Trinajstić information content (AvgIpc) is 3.17. The number of hydrogen-bond donors (Lipinski definition) is 1. The van der Waals surface area contributed by atoms with Crippen LogP contribution in [0.5, 0.6) is 5.75 Å². The van der Waals surface area contributed by atoms with Gasteiger partial charge in [0.15, 0.2) is 0 Å². The molecule has 11 heteroatoms. The van der Waals surface area contributed by atoms with Crippen LogP contribution in [-0.2, 0) is 11.3 Å². The first kappa shape index (κ1) is 28.1. The quantitative estimate of drug-likeness (QED) is 0.458. The van der Waals surface area contributed by atoms with Crippen LogP contribution in [0, 0.1) is 6.92 Å². The van der Waals surface area contributed by atoms with Gasteiger partial charge in [-0.05, 0) is 64.4 Å². The van der Waals surface area contributed by atoms with Crippen LogP contribution in [0.2, 0.25) is 0 Å². The van der Waals surface area contributed by atoms with E-state index in [1.165, 1.54) is 0 Å². The minimum absolute atomic E-state index is 0.0294. The summed E-state index contributed by atoms with van der Waals surface area (Å²) in [5.74, 6) is -2.45. The summed E-state index contributed by atoms with van der Waals surface area (Å²) in [7, 11) is 3.80. The van der Waals surface area contributed by atoms with Crippen molar-refractivity contribution < 1.29 is 32.3 Å². The van der Waals surface area contributed by atoms with Gasteiger partial charge in [-0.1, -0.05) is 6.07 Å². The number of aryl methyl sites for hydroxylation is 1. The Morgan fingerprint density at radius 3 is 2.64 bits per heavy atom. The van der Waals surface area contributed by atoms with Crippen molar-refractivity contribution in [3.8, 4) is 5.75 Å². The number of nitrogens with zero attached hydrogens (tertiary/aromatic N) is 3. The monoisotopic (exact) mass is 544 g/mol. The number of carbonyl (C=O) groups excluding carboxylic acids is 2. The highest BCUT2D eigenvalue weighted by molar-refractivity contribution is 6.07. The zero-order chi connectivity index (χ0) is 28.5. The Bertz CT molecular complexity index is 1370. The first-order valence-corrected chi connectivity index (χ1v) is 12.7. The van der Waals surface area contributed by atoms with Crippen molar-refractivity contribution in [1.82, 2.24) is 15.2 Å². The number of fused-ring (bicyclic) bond motifs is 1. The van der Waals surface area contributed by atoms with Crippen molar-refractivity contribution in [3.05, 3.63) is 53.4 Å². The van der Waals surface area contributed by atoms with E-state index < -0.39 is 36.1 Å². The molecular formula is C28H34F2N4O5. The van der Waals surface area contributed by atoms with Gasteiger partial charge in [0.05, 0.1) is 23.8 Å². The van der Waals surface area contributed by atoms with Gasteiger partial charge in [0.2, 0.25) is 0 Å². The van der Waals surface area contributed by atoms with Crippen molar-refractivity contribution in [2.75, 3.05) is 32.1 Å². The summed E-state index contributed by atoms with van der Waals surface area (Å²) in [6.07, 6.45) is -0.931. The largest absolute Gasteiger partial charge is 0.487 e. The number of piperidine rings is 1. The topological polar surface area (TPSA) is 97.1 Å². The number of amides is 2. The molecule has 1 aliphatic heterocycles. The number of hydrogen-bond acceptors (Lipinski definition) is 7. The Morgan fingerprint density at radius 2 is 1.97 bits per heavy atom. The maximum Gasteiger partial charge on any atom is 0.410 e. The molecule has 0 bridgehead atoms. The number of halogens is 2. The number of aromatic nitrogens is 1. The summed E-state index contributed by atoms with van der Waals surface area (Å²) < 4.78 is 46.9. The zero-order valence-electron chi connectivity index (χ0n) is 23.0. The lowest BCUT2D eigenvalue weighted by molar-refractivity contribution is -0.0889. The molecule has 0 radical (unpaired) electrons. The highest BCUT2D eigenvalue weighted by Gasteiger charge is 2.47. The summed E-state index contributed by atoms with van der Waals surface area (Å²) in [6.45, 7) is 6.00. The smallest absolute Gasteiger partial charge is 0.410 e. The van der Waals surface area contributed by atoms with Crippen molar-refractivity contribution in [2.24, 2.45) is 0 Å². The summed E-state index contributed by atoms with van der Waals surface area (Å²) in [4.78, 5) is 32.9. The van der Waals surface area contributed by atoms with Gasteiger partial charge in [-0.25, -0.2) is 18.6 Å². The lowest BCUT2D eigenvalue weighted by Crippen LogP contribution is -2.59. The van der Waals surface area contributed by atoms with E-state index in [4.69, 9.17) is 13.9 Å². The van der Waals surface area contributed by atoms with Crippen molar-refractivity contribution >= 4 is 28.8 Å². The van der Waals surface area contributed by atoms with Crippen LogP contribution in [0.15, 0.2) is 40.8 Å². The van der Waals surface area contributed by atoms with Crippen LogP contribution in [0.3, 0.4) is 0 Å².